The van der Waals surface area contributed by atoms with Gasteiger partial charge in [-0.1, -0.05) is 6.92 Å². The number of benzene rings is 1. The molecule has 1 heterocycles. The monoisotopic (exact) mass is 320 g/mol. The van der Waals surface area contributed by atoms with E-state index in [0.717, 1.165) is 53.7 Å². The largest absolute Gasteiger partial charge is 0.507 e. The fraction of sp³-hybridized carbons (Fsp3) is 0.632. The van der Waals surface area contributed by atoms with E-state index in [1.54, 1.807) is 6.92 Å². The summed E-state index contributed by atoms with van der Waals surface area (Å²) in [6.07, 6.45) is 4.15. The Morgan fingerprint density at radius 2 is 1.91 bits per heavy atom. The van der Waals surface area contributed by atoms with Crippen molar-refractivity contribution in [2.75, 3.05) is 0 Å². The molecule has 1 aliphatic rings. The number of hydrogen-bond acceptors (Lipinski definition) is 3. The molecule has 0 saturated carbocycles. The van der Waals surface area contributed by atoms with Crippen LogP contribution in [0.2, 0.25) is 0 Å². The van der Waals surface area contributed by atoms with Crippen LogP contribution >= 0.6 is 0 Å². The van der Waals surface area contributed by atoms with Crippen LogP contribution in [0.1, 0.15) is 61.8 Å². The van der Waals surface area contributed by atoms with Crippen LogP contribution in [0.25, 0.3) is 0 Å². The molecule has 4 nitrogen and oxygen atoms in total. The summed E-state index contributed by atoms with van der Waals surface area (Å²) in [5.41, 5.74) is 3.66. The van der Waals surface area contributed by atoms with E-state index in [4.69, 9.17) is 9.84 Å². The van der Waals surface area contributed by atoms with Gasteiger partial charge in [0.1, 0.15) is 17.1 Å². The molecule has 0 spiro atoms. The Labute approximate surface area is 138 Å². The van der Waals surface area contributed by atoms with Crippen molar-refractivity contribution in [3.8, 4) is 11.5 Å². The van der Waals surface area contributed by atoms with E-state index < -0.39 is 5.97 Å². The number of aliphatic carboxylic acids is 1. The Bertz CT molecular complexity index is 621. The second kappa shape index (κ2) is 6.42. The molecule has 4 heteroatoms. The van der Waals surface area contributed by atoms with Gasteiger partial charge in [0.2, 0.25) is 0 Å². The van der Waals surface area contributed by atoms with Gasteiger partial charge in [-0.3, -0.25) is 4.79 Å². The Kier molecular flexibility index (Phi) is 4.92. The zero-order valence-electron chi connectivity index (χ0n) is 14.8. The minimum absolute atomic E-state index is 0.258. The smallest absolute Gasteiger partial charge is 0.306 e. The molecule has 2 atom stereocenters. The van der Waals surface area contributed by atoms with E-state index in [1.165, 1.54) is 0 Å². The van der Waals surface area contributed by atoms with Gasteiger partial charge in [-0.15, -0.1) is 0 Å². The van der Waals surface area contributed by atoms with Crippen LogP contribution in [0.3, 0.4) is 0 Å². The second-order valence-electron chi connectivity index (χ2n) is 7.21. The van der Waals surface area contributed by atoms with Crippen LogP contribution in [0.15, 0.2) is 0 Å². The van der Waals surface area contributed by atoms with Crippen molar-refractivity contribution in [1.29, 1.82) is 0 Å². The maximum absolute atomic E-state index is 10.9. The van der Waals surface area contributed by atoms with Gasteiger partial charge in [0.25, 0.3) is 0 Å². The number of phenols is 1. The normalized spacial score (nSPS) is 21.4. The molecule has 0 unspecified atom stereocenters. The molecule has 0 aliphatic carbocycles. The average Bonchev–Trinajstić information content (AvgIpc) is 2.50. The molecule has 1 aromatic rings. The predicted octanol–water partition coefficient (Wildman–Crippen LogP) is 4.29. The topological polar surface area (TPSA) is 66.8 Å². The molecule has 0 aromatic heterocycles. The number of aromatic hydroxyl groups is 1. The summed E-state index contributed by atoms with van der Waals surface area (Å²) in [4.78, 5) is 10.9. The maximum Gasteiger partial charge on any atom is 0.306 e. The lowest BCUT2D eigenvalue weighted by molar-refractivity contribution is -0.141. The zero-order valence-corrected chi connectivity index (χ0v) is 14.8. The quantitative estimate of drug-likeness (QED) is 0.849. The number of rotatable bonds is 5. The first-order valence-electron chi connectivity index (χ1n) is 8.39. The van der Waals surface area contributed by atoms with Gasteiger partial charge >= 0.3 is 5.97 Å². The molecule has 23 heavy (non-hydrogen) atoms. The van der Waals surface area contributed by atoms with Gasteiger partial charge in [0, 0.05) is 5.56 Å². The molecule has 128 valence electrons. The van der Waals surface area contributed by atoms with Crippen LogP contribution in [-0.4, -0.2) is 21.8 Å². The summed E-state index contributed by atoms with van der Waals surface area (Å²) in [5.74, 6) is 0.252. The molecule has 0 amide bonds. The summed E-state index contributed by atoms with van der Waals surface area (Å²) in [6, 6.07) is 0. The Hall–Kier alpha value is -1.71. The number of phenolic OH excluding ortho intramolecular Hbond substituents is 1. The number of ether oxygens (including phenoxy) is 1. The molecule has 0 radical (unpaired) electrons. The molecule has 0 saturated heterocycles. The number of hydrogen-bond donors (Lipinski definition) is 2. The van der Waals surface area contributed by atoms with Crippen molar-refractivity contribution < 1.29 is 19.7 Å². The minimum Gasteiger partial charge on any atom is -0.507 e. The molecule has 2 rings (SSSR count). The van der Waals surface area contributed by atoms with Gasteiger partial charge in [-0.2, -0.15) is 0 Å². The lowest BCUT2D eigenvalue weighted by Crippen LogP contribution is -2.37. The molecular weight excluding hydrogens is 292 g/mol. The Morgan fingerprint density at radius 1 is 1.26 bits per heavy atom. The fourth-order valence-electron chi connectivity index (χ4n) is 3.38. The van der Waals surface area contributed by atoms with Crippen LogP contribution in [0, 0.1) is 26.7 Å². The van der Waals surface area contributed by atoms with E-state index >= 15 is 0 Å². The molecule has 1 aromatic carbocycles. The zero-order chi connectivity index (χ0) is 17.4. The highest BCUT2D eigenvalue weighted by Crippen LogP contribution is 2.44. The summed E-state index contributed by atoms with van der Waals surface area (Å²) in [7, 11) is 0. The Morgan fingerprint density at radius 3 is 2.52 bits per heavy atom. The van der Waals surface area contributed by atoms with E-state index in [2.05, 4.69) is 6.92 Å². The molecule has 0 fully saturated rings. The van der Waals surface area contributed by atoms with Gasteiger partial charge in [0.15, 0.2) is 0 Å². The van der Waals surface area contributed by atoms with Crippen LogP contribution in [-0.2, 0) is 11.2 Å². The highest BCUT2D eigenvalue weighted by molar-refractivity contribution is 5.69. The number of fused-ring (bicyclic) bond motifs is 1. The van der Waals surface area contributed by atoms with Crippen molar-refractivity contribution in [2.45, 2.75) is 72.3 Å². The summed E-state index contributed by atoms with van der Waals surface area (Å²) in [6.45, 7) is 9.72. The van der Waals surface area contributed by atoms with E-state index in [1.807, 2.05) is 20.8 Å². The third-order valence-electron chi connectivity index (χ3n) is 5.36. The highest BCUT2D eigenvalue weighted by Gasteiger charge is 2.34. The molecule has 1 aliphatic heterocycles. The van der Waals surface area contributed by atoms with Crippen LogP contribution in [0.4, 0.5) is 0 Å². The Balaban J connectivity index is 2.14. The third kappa shape index (κ3) is 3.46. The third-order valence-corrected chi connectivity index (χ3v) is 5.36. The van der Waals surface area contributed by atoms with E-state index in [9.17, 15) is 9.90 Å². The maximum atomic E-state index is 10.9. The summed E-state index contributed by atoms with van der Waals surface area (Å²) >= 11 is 0. The minimum atomic E-state index is -0.734. The average molecular weight is 320 g/mol. The SMILES string of the molecule is Cc1c(C)c2c(c(C)c1O)CC[C@](C)(CCC[C@H](C)C(=O)O)O2. The van der Waals surface area contributed by atoms with Crippen LogP contribution < -0.4 is 4.74 Å². The lowest BCUT2D eigenvalue weighted by atomic mass is 9.84. The molecule has 0 bridgehead atoms. The molecule has 2 N–H and O–H groups in total. The highest BCUT2D eigenvalue weighted by atomic mass is 16.5. The molecular formula is C19H28O4. The fourth-order valence-corrected chi connectivity index (χ4v) is 3.38. The van der Waals surface area contributed by atoms with Crippen molar-refractivity contribution in [2.24, 2.45) is 5.92 Å². The number of carboxylic acids is 1. The van der Waals surface area contributed by atoms with Gasteiger partial charge in [-0.05, 0) is 76.5 Å². The van der Waals surface area contributed by atoms with Crippen molar-refractivity contribution >= 4 is 5.97 Å². The summed E-state index contributed by atoms with van der Waals surface area (Å²) in [5, 5.41) is 19.2. The standard InChI is InChI=1S/C19H28O4/c1-11(18(21)22)7-6-9-19(5)10-8-15-14(4)16(20)12(2)13(3)17(15)23-19/h11,20H,6-10H2,1-5H3,(H,21,22)/t11-,19-/m0/s1. The van der Waals surface area contributed by atoms with Crippen molar-refractivity contribution in [1.82, 2.24) is 0 Å². The van der Waals surface area contributed by atoms with Gasteiger partial charge in [-0.25, -0.2) is 0 Å². The van der Waals surface area contributed by atoms with Gasteiger partial charge < -0.3 is 14.9 Å². The first-order chi connectivity index (χ1) is 10.7. The predicted molar refractivity (Wildman–Crippen MR) is 90.3 cm³/mol. The number of carbonyl (C=O) groups is 1. The van der Waals surface area contributed by atoms with Crippen molar-refractivity contribution in [3.63, 3.8) is 0 Å². The van der Waals surface area contributed by atoms with E-state index in [-0.39, 0.29) is 11.5 Å². The second-order valence-corrected chi connectivity index (χ2v) is 7.21. The first-order valence-corrected chi connectivity index (χ1v) is 8.39. The first kappa shape index (κ1) is 17.6. The van der Waals surface area contributed by atoms with E-state index in [0.29, 0.717) is 12.2 Å². The number of carboxylic acid groups (broad SMARTS) is 1. The van der Waals surface area contributed by atoms with Crippen molar-refractivity contribution in [3.05, 3.63) is 22.3 Å². The van der Waals surface area contributed by atoms with Gasteiger partial charge in [0.05, 0.1) is 5.92 Å². The summed E-state index contributed by atoms with van der Waals surface area (Å²) < 4.78 is 6.35. The lowest BCUT2D eigenvalue weighted by Gasteiger charge is -2.38. The van der Waals surface area contributed by atoms with Crippen LogP contribution in [0.5, 0.6) is 11.5 Å².